The van der Waals surface area contributed by atoms with Crippen LogP contribution in [0.15, 0.2) is 12.1 Å². The number of carbonyl (C=O) groups is 3. The number of likely N-dealkylation sites (N-methyl/N-ethyl adjacent to an activating group) is 1. The second-order valence-corrected chi connectivity index (χ2v) is 4.32. The molecule has 0 saturated carbocycles. The molecule has 8 heteroatoms. The maximum atomic E-state index is 11.7. The van der Waals surface area contributed by atoms with Gasteiger partial charge < -0.3 is 5.32 Å². The third-order valence-corrected chi connectivity index (χ3v) is 3.08. The van der Waals surface area contributed by atoms with Crippen LogP contribution < -0.4 is 5.32 Å². The first-order chi connectivity index (χ1) is 8.95. The molecule has 0 unspecified atom stereocenters. The molecule has 7 nitrogen and oxygen atoms in total. The molecular formula is C11H11ClN4O3. The average Bonchev–Trinajstić information content (AvgIpc) is 2.59. The van der Waals surface area contributed by atoms with E-state index in [0.717, 1.165) is 9.80 Å². The number of pyridine rings is 1. The van der Waals surface area contributed by atoms with Crippen molar-refractivity contribution in [3.05, 3.63) is 22.8 Å². The molecule has 0 aliphatic carbocycles. The number of rotatable bonds is 3. The van der Waals surface area contributed by atoms with E-state index in [-0.39, 0.29) is 6.54 Å². The van der Waals surface area contributed by atoms with Gasteiger partial charge in [-0.25, -0.2) is 14.7 Å². The van der Waals surface area contributed by atoms with Crippen molar-refractivity contribution in [2.75, 3.05) is 19.4 Å². The lowest BCUT2D eigenvalue weighted by atomic mass is 10.3. The molecule has 0 spiro atoms. The van der Waals surface area contributed by atoms with Crippen molar-refractivity contribution in [2.45, 2.75) is 6.54 Å². The fourth-order valence-electron chi connectivity index (χ4n) is 1.64. The van der Waals surface area contributed by atoms with Crippen LogP contribution in [0.5, 0.6) is 0 Å². The van der Waals surface area contributed by atoms with E-state index >= 15 is 0 Å². The molecule has 100 valence electrons. The number of carbonyl (C=O) groups excluding carboxylic acids is 3. The SMILES string of the molecule is CNc1ccc(Cl)c(CN2C(=O)C(=O)N(C)C2=O)n1. The number of nitrogens with zero attached hydrogens (tertiary/aromatic N) is 3. The van der Waals surface area contributed by atoms with Gasteiger partial charge in [-0.15, -0.1) is 0 Å². The van der Waals surface area contributed by atoms with Gasteiger partial charge >= 0.3 is 17.8 Å². The van der Waals surface area contributed by atoms with E-state index in [1.165, 1.54) is 7.05 Å². The summed E-state index contributed by atoms with van der Waals surface area (Å²) in [7, 11) is 2.94. The zero-order valence-electron chi connectivity index (χ0n) is 10.3. The number of urea groups is 1. The second kappa shape index (κ2) is 4.85. The number of aromatic nitrogens is 1. The Hall–Kier alpha value is -2.15. The van der Waals surface area contributed by atoms with Gasteiger partial charge in [-0.3, -0.25) is 14.5 Å². The van der Waals surface area contributed by atoms with Gasteiger partial charge in [0.1, 0.15) is 5.82 Å². The lowest BCUT2D eigenvalue weighted by molar-refractivity contribution is -0.143. The number of anilines is 1. The first kappa shape index (κ1) is 13.3. The summed E-state index contributed by atoms with van der Waals surface area (Å²) in [5, 5.41) is 3.14. The fraction of sp³-hybridized carbons (Fsp3) is 0.273. The number of halogens is 1. The van der Waals surface area contributed by atoms with E-state index in [2.05, 4.69) is 10.3 Å². The van der Waals surface area contributed by atoms with Gasteiger partial charge in [0.15, 0.2) is 0 Å². The Labute approximate surface area is 114 Å². The molecule has 1 aromatic heterocycles. The molecule has 1 aliphatic heterocycles. The third kappa shape index (κ3) is 2.24. The molecule has 2 heterocycles. The monoisotopic (exact) mass is 282 g/mol. The summed E-state index contributed by atoms with van der Waals surface area (Å²) in [6.45, 7) is -0.137. The maximum Gasteiger partial charge on any atom is 0.334 e. The van der Waals surface area contributed by atoms with Gasteiger partial charge in [0.25, 0.3) is 0 Å². The molecule has 19 heavy (non-hydrogen) atoms. The summed E-state index contributed by atoms with van der Waals surface area (Å²) in [5.41, 5.74) is 0.346. The van der Waals surface area contributed by atoms with Crippen LogP contribution in [0.1, 0.15) is 5.69 Å². The highest BCUT2D eigenvalue weighted by molar-refractivity contribution is 6.44. The number of nitrogens with one attached hydrogen (secondary N) is 1. The lowest BCUT2D eigenvalue weighted by Gasteiger charge is -2.13. The van der Waals surface area contributed by atoms with Gasteiger partial charge in [0.2, 0.25) is 0 Å². The molecule has 1 N–H and O–H groups in total. The highest BCUT2D eigenvalue weighted by Gasteiger charge is 2.42. The largest absolute Gasteiger partial charge is 0.373 e. The van der Waals surface area contributed by atoms with E-state index < -0.39 is 17.8 Å². The predicted octanol–water partition coefficient (Wildman–Crippen LogP) is 0.697. The zero-order chi connectivity index (χ0) is 14.2. The Morgan fingerprint density at radius 3 is 2.47 bits per heavy atom. The zero-order valence-corrected chi connectivity index (χ0v) is 11.1. The Bertz CT molecular complexity index is 575. The van der Waals surface area contributed by atoms with E-state index in [1.54, 1.807) is 19.2 Å². The highest BCUT2D eigenvalue weighted by atomic mass is 35.5. The molecule has 0 radical (unpaired) electrons. The van der Waals surface area contributed by atoms with Crippen molar-refractivity contribution in [3.63, 3.8) is 0 Å². The summed E-state index contributed by atoms with van der Waals surface area (Å²) in [4.78, 5) is 40.4. The number of imide groups is 2. The molecule has 1 aromatic rings. The highest BCUT2D eigenvalue weighted by Crippen LogP contribution is 2.21. The van der Waals surface area contributed by atoms with E-state index in [1.807, 2.05) is 0 Å². The Morgan fingerprint density at radius 2 is 1.95 bits per heavy atom. The van der Waals surface area contributed by atoms with Crippen LogP contribution in [0, 0.1) is 0 Å². The standard InChI is InChI=1S/C11H11ClN4O3/c1-13-8-4-3-6(12)7(14-8)5-16-10(18)9(17)15(2)11(16)19/h3-4H,5H2,1-2H3,(H,13,14). The summed E-state index contributed by atoms with van der Waals surface area (Å²) in [6, 6.07) is 2.59. The molecule has 1 saturated heterocycles. The molecule has 1 fully saturated rings. The van der Waals surface area contributed by atoms with Crippen molar-refractivity contribution in [1.29, 1.82) is 0 Å². The molecule has 2 rings (SSSR count). The average molecular weight is 283 g/mol. The molecule has 4 amide bonds. The van der Waals surface area contributed by atoms with Crippen molar-refractivity contribution in [3.8, 4) is 0 Å². The van der Waals surface area contributed by atoms with Crippen LogP contribution in [0.2, 0.25) is 5.02 Å². The normalized spacial score (nSPS) is 15.4. The van der Waals surface area contributed by atoms with Crippen LogP contribution in [-0.4, -0.2) is 46.7 Å². The fourth-order valence-corrected chi connectivity index (χ4v) is 1.80. The van der Waals surface area contributed by atoms with Crippen LogP contribution in [0.25, 0.3) is 0 Å². The van der Waals surface area contributed by atoms with Crippen molar-refractivity contribution < 1.29 is 14.4 Å². The van der Waals surface area contributed by atoms with Gasteiger partial charge in [-0.05, 0) is 12.1 Å². The van der Waals surface area contributed by atoms with Crippen LogP contribution >= 0.6 is 11.6 Å². The minimum Gasteiger partial charge on any atom is -0.373 e. The molecule has 1 aliphatic rings. The van der Waals surface area contributed by atoms with Crippen molar-refractivity contribution in [1.82, 2.24) is 14.8 Å². The topological polar surface area (TPSA) is 82.6 Å². The molecular weight excluding hydrogens is 272 g/mol. The maximum absolute atomic E-state index is 11.7. The Kier molecular flexibility index (Phi) is 3.39. The number of amides is 4. The summed E-state index contributed by atoms with van der Waals surface area (Å²) in [5.74, 6) is -1.18. The van der Waals surface area contributed by atoms with Gasteiger partial charge in [-0.1, -0.05) is 11.6 Å². The first-order valence-electron chi connectivity index (χ1n) is 5.42. The first-order valence-corrected chi connectivity index (χ1v) is 5.80. The van der Waals surface area contributed by atoms with Crippen LogP contribution in [0.3, 0.4) is 0 Å². The number of hydrogen-bond acceptors (Lipinski definition) is 5. The molecule has 0 aromatic carbocycles. The third-order valence-electron chi connectivity index (χ3n) is 2.73. The molecule has 0 bridgehead atoms. The Balaban J connectivity index is 2.29. The van der Waals surface area contributed by atoms with E-state index in [0.29, 0.717) is 16.5 Å². The summed E-state index contributed by atoms with van der Waals surface area (Å²) in [6.07, 6.45) is 0. The van der Waals surface area contributed by atoms with Crippen molar-refractivity contribution in [2.24, 2.45) is 0 Å². The number of hydrogen-bond donors (Lipinski definition) is 1. The van der Waals surface area contributed by atoms with Crippen molar-refractivity contribution >= 4 is 35.3 Å². The van der Waals surface area contributed by atoms with Crippen LogP contribution in [-0.2, 0) is 16.1 Å². The van der Waals surface area contributed by atoms with Crippen LogP contribution in [0.4, 0.5) is 10.6 Å². The van der Waals surface area contributed by atoms with Gasteiger partial charge in [0.05, 0.1) is 17.3 Å². The van der Waals surface area contributed by atoms with E-state index in [9.17, 15) is 14.4 Å². The second-order valence-electron chi connectivity index (χ2n) is 3.91. The summed E-state index contributed by atoms with van der Waals surface area (Å²) < 4.78 is 0. The summed E-state index contributed by atoms with van der Waals surface area (Å²) >= 11 is 5.96. The Morgan fingerprint density at radius 1 is 1.26 bits per heavy atom. The lowest BCUT2D eigenvalue weighted by Crippen LogP contribution is -2.31. The minimum absolute atomic E-state index is 0.137. The van der Waals surface area contributed by atoms with E-state index in [4.69, 9.17) is 11.6 Å². The molecule has 0 atom stereocenters. The minimum atomic E-state index is -0.875. The quantitative estimate of drug-likeness (QED) is 0.652. The van der Waals surface area contributed by atoms with Gasteiger partial charge in [-0.2, -0.15) is 0 Å². The van der Waals surface area contributed by atoms with Gasteiger partial charge in [0, 0.05) is 14.1 Å². The predicted molar refractivity (Wildman–Crippen MR) is 67.5 cm³/mol. The smallest absolute Gasteiger partial charge is 0.334 e.